The first kappa shape index (κ1) is 21.1. The molecule has 0 bridgehead atoms. The number of aliphatic hydroxyl groups is 1. The van der Waals surface area contributed by atoms with Crippen LogP contribution in [0, 0.1) is 18.6 Å². The summed E-state index contributed by atoms with van der Waals surface area (Å²) in [4.78, 5) is 15.2. The molecule has 0 saturated carbocycles. The van der Waals surface area contributed by atoms with E-state index < -0.39 is 35.4 Å². The number of carbonyl (C=O) groups excluding carboxylic acids is 1. The van der Waals surface area contributed by atoms with Crippen LogP contribution in [0.4, 0.5) is 19.3 Å². The molecular formula is C23H25F2N3O3. The molecule has 4 N–H and O–H groups in total. The van der Waals surface area contributed by atoms with E-state index in [1.165, 1.54) is 6.07 Å². The number of anilines is 1. The highest BCUT2D eigenvalue weighted by Crippen LogP contribution is 2.44. The second-order valence-corrected chi connectivity index (χ2v) is 8.34. The van der Waals surface area contributed by atoms with Gasteiger partial charge in [0.25, 0.3) is 0 Å². The van der Waals surface area contributed by atoms with Gasteiger partial charge < -0.3 is 25.5 Å². The van der Waals surface area contributed by atoms with E-state index in [1.54, 1.807) is 39.1 Å². The SMILES string of the molecule is CCOC(=O)N[C@H]1c2c(cc(F)c(-c3cccc4c(C)c[nH]c34)c2F)NC(C)(C)[C@@H]1O. The third-order valence-electron chi connectivity index (χ3n) is 5.82. The second-order valence-electron chi connectivity index (χ2n) is 8.34. The first-order valence-electron chi connectivity index (χ1n) is 10.1. The number of fused-ring (bicyclic) bond motifs is 2. The molecule has 0 spiro atoms. The van der Waals surface area contributed by atoms with E-state index in [9.17, 15) is 9.90 Å². The topological polar surface area (TPSA) is 86.4 Å². The zero-order valence-electron chi connectivity index (χ0n) is 17.8. The fraction of sp³-hybridized carbons (Fsp3) is 0.348. The van der Waals surface area contributed by atoms with E-state index in [0.717, 1.165) is 10.9 Å². The Hall–Kier alpha value is -3.13. The van der Waals surface area contributed by atoms with Crippen LogP contribution in [0.5, 0.6) is 0 Å². The third kappa shape index (κ3) is 3.40. The number of halogens is 2. The van der Waals surface area contributed by atoms with Crippen LogP contribution in [-0.2, 0) is 4.74 Å². The fourth-order valence-corrected chi connectivity index (χ4v) is 4.24. The van der Waals surface area contributed by atoms with Crippen molar-refractivity contribution in [3.63, 3.8) is 0 Å². The number of benzene rings is 2. The molecule has 2 aromatic carbocycles. The van der Waals surface area contributed by atoms with Crippen molar-refractivity contribution < 1.29 is 23.4 Å². The first-order valence-corrected chi connectivity index (χ1v) is 10.1. The molecule has 6 nitrogen and oxygen atoms in total. The van der Waals surface area contributed by atoms with Crippen molar-refractivity contribution >= 4 is 22.7 Å². The maximum Gasteiger partial charge on any atom is 0.407 e. The lowest BCUT2D eigenvalue weighted by molar-refractivity contribution is 0.0618. The molecule has 0 radical (unpaired) electrons. The monoisotopic (exact) mass is 429 g/mol. The highest BCUT2D eigenvalue weighted by Gasteiger charge is 2.44. The Bertz CT molecular complexity index is 1170. The molecule has 3 aromatic rings. The number of aryl methyl sites for hydroxylation is 1. The summed E-state index contributed by atoms with van der Waals surface area (Å²) in [5, 5.41) is 17.3. The van der Waals surface area contributed by atoms with Crippen LogP contribution in [0.2, 0.25) is 0 Å². The van der Waals surface area contributed by atoms with Crippen LogP contribution < -0.4 is 10.6 Å². The molecule has 8 heteroatoms. The molecule has 0 aliphatic carbocycles. The van der Waals surface area contributed by atoms with E-state index in [0.29, 0.717) is 11.1 Å². The number of amides is 1. The van der Waals surface area contributed by atoms with E-state index in [4.69, 9.17) is 4.74 Å². The number of aliphatic hydroxyl groups excluding tert-OH is 1. The van der Waals surface area contributed by atoms with Crippen molar-refractivity contribution in [1.82, 2.24) is 10.3 Å². The summed E-state index contributed by atoms with van der Waals surface area (Å²) in [5.41, 5.74) is 0.901. The minimum absolute atomic E-state index is 0.0171. The van der Waals surface area contributed by atoms with Gasteiger partial charge in [0.05, 0.1) is 29.3 Å². The van der Waals surface area contributed by atoms with E-state index in [2.05, 4.69) is 15.6 Å². The number of alkyl carbamates (subject to hydrolysis) is 1. The van der Waals surface area contributed by atoms with Crippen molar-refractivity contribution in [3.8, 4) is 11.1 Å². The predicted molar refractivity (Wildman–Crippen MR) is 115 cm³/mol. The van der Waals surface area contributed by atoms with Gasteiger partial charge in [-0.1, -0.05) is 18.2 Å². The number of ether oxygens (including phenoxy) is 1. The number of hydrogen-bond donors (Lipinski definition) is 4. The molecule has 0 fully saturated rings. The van der Waals surface area contributed by atoms with Crippen molar-refractivity contribution in [1.29, 1.82) is 0 Å². The zero-order valence-corrected chi connectivity index (χ0v) is 17.8. The van der Waals surface area contributed by atoms with E-state index >= 15 is 8.78 Å². The predicted octanol–water partition coefficient (Wildman–Crippen LogP) is 4.77. The molecule has 31 heavy (non-hydrogen) atoms. The highest BCUT2D eigenvalue weighted by molar-refractivity contribution is 5.96. The molecule has 1 aliphatic rings. The van der Waals surface area contributed by atoms with Gasteiger partial charge in [0, 0.05) is 28.4 Å². The lowest BCUT2D eigenvalue weighted by atomic mass is 9.81. The number of H-pyrrole nitrogens is 1. The largest absolute Gasteiger partial charge is 0.450 e. The Morgan fingerprint density at radius 1 is 1.32 bits per heavy atom. The molecule has 2 atom stereocenters. The second kappa shape index (κ2) is 7.53. The number of aromatic amines is 1. The molecule has 1 aromatic heterocycles. The molecule has 1 aliphatic heterocycles. The number of para-hydroxylation sites is 1. The Kier molecular flexibility index (Phi) is 5.13. The maximum atomic E-state index is 15.9. The highest BCUT2D eigenvalue weighted by atomic mass is 19.1. The summed E-state index contributed by atoms with van der Waals surface area (Å²) < 4.78 is 36.1. The van der Waals surface area contributed by atoms with Gasteiger partial charge in [-0.25, -0.2) is 13.6 Å². The molecule has 4 rings (SSSR count). The van der Waals surface area contributed by atoms with Gasteiger partial charge >= 0.3 is 6.09 Å². The summed E-state index contributed by atoms with van der Waals surface area (Å²) in [5.74, 6) is -1.59. The van der Waals surface area contributed by atoms with Crippen molar-refractivity contribution in [2.24, 2.45) is 0 Å². The quantitative estimate of drug-likeness (QED) is 0.483. The number of hydrogen-bond acceptors (Lipinski definition) is 4. The molecule has 0 saturated heterocycles. The third-order valence-corrected chi connectivity index (χ3v) is 5.82. The minimum atomic E-state index is -1.19. The lowest BCUT2D eigenvalue weighted by Gasteiger charge is -2.43. The van der Waals surface area contributed by atoms with Crippen molar-refractivity contribution in [2.75, 3.05) is 11.9 Å². The average molecular weight is 429 g/mol. The van der Waals surface area contributed by atoms with Crippen LogP contribution in [0.25, 0.3) is 22.0 Å². The molecule has 164 valence electrons. The molecule has 2 heterocycles. The normalized spacial score (nSPS) is 19.6. The van der Waals surface area contributed by atoms with Gasteiger partial charge in [0.1, 0.15) is 17.7 Å². The summed E-state index contributed by atoms with van der Waals surface area (Å²) in [7, 11) is 0. The summed E-state index contributed by atoms with van der Waals surface area (Å²) >= 11 is 0. The number of aromatic nitrogens is 1. The fourth-order valence-electron chi connectivity index (χ4n) is 4.24. The Morgan fingerprint density at radius 2 is 2.06 bits per heavy atom. The van der Waals surface area contributed by atoms with Crippen LogP contribution >= 0.6 is 0 Å². The van der Waals surface area contributed by atoms with Crippen LogP contribution in [0.15, 0.2) is 30.5 Å². The molecule has 0 unspecified atom stereocenters. The number of nitrogens with one attached hydrogen (secondary N) is 3. The standard InChI is InChI=1S/C23H25F2N3O3/c1-5-31-22(30)27-20-17-15(28-23(3,4)21(20)29)9-14(24)16(18(17)25)13-8-6-7-12-11(2)10-26-19(12)13/h6-10,20-21,26,28-29H,5H2,1-4H3,(H,27,30)/t20-,21+/m0/s1. The lowest BCUT2D eigenvalue weighted by Crippen LogP contribution is -2.55. The van der Waals surface area contributed by atoms with Gasteiger partial charge in [-0.2, -0.15) is 0 Å². The first-order chi connectivity index (χ1) is 14.7. The van der Waals surface area contributed by atoms with Crippen LogP contribution in [-0.4, -0.2) is 34.4 Å². The smallest absolute Gasteiger partial charge is 0.407 e. The van der Waals surface area contributed by atoms with Gasteiger partial charge in [0.2, 0.25) is 0 Å². The Labute approximate surface area is 178 Å². The summed E-state index contributed by atoms with van der Waals surface area (Å²) in [6, 6.07) is 5.32. The van der Waals surface area contributed by atoms with Gasteiger partial charge in [-0.3, -0.25) is 0 Å². The number of carbonyl (C=O) groups is 1. The minimum Gasteiger partial charge on any atom is -0.450 e. The van der Waals surface area contributed by atoms with Gasteiger partial charge in [0.15, 0.2) is 0 Å². The number of rotatable bonds is 3. The molecular weight excluding hydrogens is 404 g/mol. The van der Waals surface area contributed by atoms with E-state index in [-0.39, 0.29) is 23.4 Å². The maximum absolute atomic E-state index is 15.9. The van der Waals surface area contributed by atoms with Crippen LogP contribution in [0.3, 0.4) is 0 Å². The molecule has 1 amide bonds. The van der Waals surface area contributed by atoms with Crippen LogP contribution in [0.1, 0.15) is 37.9 Å². The van der Waals surface area contributed by atoms with Crippen molar-refractivity contribution in [3.05, 3.63) is 53.2 Å². The van der Waals surface area contributed by atoms with Crippen molar-refractivity contribution in [2.45, 2.75) is 45.4 Å². The Morgan fingerprint density at radius 3 is 2.77 bits per heavy atom. The zero-order chi connectivity index (χ0) is 22.5. The van der Waals surface area contributed by atoms with E-state index in [1.807, 2.05) is 13.0 Å². The summed E-state index contributed by atoms with van der Waals surface area (Å²) in [6.07, 6.45) is -0.204. The van der Waals surface area contributed by atoms with Gasteiger partial charge in [-0.05, 0) is 39.3 Å². The Balaban J connectivity index is 1.94. The van der Waals surface area contributed by atoms with Gasteiger partial charge in [-0.15, -0.1) is 0 Å². The average Bonchev–Trinajstić information content (AvgIpc) is 3.07. The summed E-state index contributed by atoms with van der Waals surface area (Å²) in [6.45, 7) is 7.04.